The van der Waals surface area contributed by atoms with Crippen molar-refractivity contribution in [1.29, 1.82) is 0 Å². The summed E-state index contributed by atoms with van der Waals surface area (Å²) in [5, 5.41) is 5.22. The van der Waals surface area contributed by atoms with Gasteiger partial charge >= 0.3 is 0 Å². The van der Waals surface area contributed by atoms with Gasteiger partial charge in [0.2, 0.25) is 5.91 Å². The first kappa shape index (κ1) is 34.1. The van der Waals surface area contributed by atoms with Gasteiger partial charge in [0.25, 0.3) is 0 Å². The summed E-state index contributed by atoms with van der Waals surface area (Å²) < 4.78 is 11.8. The van der Waals surface area contributed by atoms with Crippen LogP contribution in [0.5, 0.6) is 11.5 Å². The Morgan fingerprint density at radius 3 is 2.17 bits per heavy atom. The molecule has 1 N–H and O–H groups in total. The van der Waals surface area contributed by atoms with Gasteiger partial charge < -0.3 is 19.7 Å². The maximum Gasteiger partial charge on any atom is 0.228 e. The number of unbranched alkanes of at least 4 members (excludes halogenated alkanes) is 11. The molecule has 0 atom stereocenters. The number of carbonyl (C=O) groups excluding carboxylic acids is 1. The van der Waals surface area contributed by atoms with Crippen molar-refractivity contribution in [3.05, 3.63) is 65.2 Å². The standard InChI is InChI=1S/C33H48N2O3S.BrH/c1-3-4-5-6-7-8-9-10-11-12-13-16-23-38-33-28(19-17-21-31(33)37-2)25-32(36)34-30-20-15-14-18-29(30)26-35-22-24-39-27-35;/h14-15,17-22,24H,3-13,16,23,25-27H2,1-2H3,(H,34,36);1H. The van der Waals surface area contributed by atoms with Crippen molar-refractivity contribution in [2.24, 2.45) is 0 Å². The summed E-state index contributed by atoms with van der Waals surface area (Å²) in [4.78, 5) is 15.3. The molecule has 2 aromatic carbocycles. The summed E-state index contributed by atoms with van der Waals surface area (Å²) in [6, 6.07) is 13.8. The maximum absolute atomic E-state index is 13.1. The molecule has 1 aliphatic rings. The first-order valence-corrected chi connectivity index (χ1v) is 15.9. The lowest BCUT2D eigenvalue weighted by atomic mass is 10.1. The van der Waals surface area contributed by atoms with Gasteiger partial charge in [-0.05, 0) is 29.5 Å². The molecule has 1 heterocycles. The number of thioether (sulfide) groups is 1. The molecular weight excluding hydrogens is 584 g/mol. The summed E-state index contributed by atoms with van der Waals surface area (Å²) in [6.07, 6.45) is 18.1. The minimum atomic E-state index is -0.0581. The van der Waals surface area contributed by atoms with Crippen LogP contribution in [0.4, 0.5) is 5.69 Å². The van der Waals surface area contributed by atoms with Crippen molar-refractivity contribution in [3.63, 3.8) is 0 Å². The molecule has 1 aliphatic heterocycles. The predicted octanol–water partition coefficient (Wildman–Crippen LogP) is 9.51. The lowest BCUT2D eigenvalue weighted by Gasteiger charge is -2.18. The summed E-state index contributed by atoms with van der Waals surface area (Å²) in [5.74, 6) is 2.24. The molecule has 0 radical (unpaired) electrons. The van der Waals surface area contributed by atoms with Crippen LogP contribution in [0, 0.1) is 0 Å². The average molecular weight is 634 g/mol. The molecular formula is C33H49BrN2O3S. The van der Waals surface area contributed by atoms with Crippen molar-refractivity contribution in [2.75, 3.05) is 24.9 Å². The number of nitrogens with one attached hydrogen (secondary N) is 1. The Bertz CT molecular complexity index is 1020. The molecule has 2 aromatic rings. The van der Waals surface area contributed by atoms with E-state index in [1.54, 1.807) is 18.9 Å². The fraction of sp³-hybridized carbons (Fsp3) is 0.545. The van der Waals surface area contributed by atoms with Gasteiger partial charge in [0.1, 0.15) is 0 Å². The van der Waals surface area contributed by atoms with E-state index in [4.69, 9.17) is 9.47 Å². The van der Waals surface area contributed by atoms with Crippen molar-refractivity contribution in [1.82, 2.24) is 4.90 Å². The average Bonchev–Trinajstić information content (AvgIpc) is 3.46. The highest BCUT2D eigenvalue weighted by Gasteiger charge is 2.16. The first-order valence-electron chi connectivity index (χ1n) is 14.9. The van der Waals surface area contributed by atoms with Gasteiger partial charge in [-0.2, -0.15) is 0 Å². The van der Waals surface area contributed by atoms with Gasteiger partial charge in [-0.25, -0.2) is 0 Å². The largest absolute Gasteiger partial charge is 0.493 e. The summed E-state index contributed by atoms with van der Waals surface area (Å²) in [6.45, 7) is 3.68. The molecule has 40 heavy (non-hydrogen) atoms. The number of para-hydroxylation sites is 2. The van der Waals surface area contributed by atoms with Gasteiger partial charge in [0, 0.05) is 24.0 Å². The topological polar surface area (TPSA) is 50.8 Å². The van der Waals surface area contributed by atoms with Crippen LogP contribution in [0.25, 0.3) is 0 Å². The summed E-state index contributed by atoms with van der Waals surface area (Å²) in [5.41, 5.74) is 2.81. The first-order chi connectivity index (χ1) is 19.2. The fourth-order valence-corrected chi connectivity index (χ4v) is 5.63. The van der Waals surface area contributed by atoms with Crippen LogP contribution in [0.2, 0.25) is 0 Å². The molecule has 3 rings (SSSR count). The minimum Gasteiger partial charge on any atom is -0.493 e. The highest BCUT2D eigenvalue weighted by molar-refractivity contribution is 8.93. The molecule has 0 aromatic heterocycles. The number of rotatable bonds is 20. The monoisotopic (exact) mass is 632 g/mol. The van der Waals surface area contributed by atoms with Crippen LogP contribution in [0.3, 0.4) is 0 Å². The summed E-state index contributed by atoms with van der Waals surface area (Å²) in [7, 11) is 1.65. The third kappa shape index (κ3) is 12.6. The van der Waals surface area contributed by atoms with Crippen molar-refractivity contribution in [3.8, 4) is 11.5 Å². The Labute approximate surface area is 257 Å². The molecule has 0 unspecified atom stereocenters. The van der Waals surface area contributed by atoms with E-state index < -0.39 is 0 Å². The second-order valence-electron chi connectivity index (χ2n) is 10.4. The number of hydrogen-bond donors (Lipinski definition) is 1. The molecule has 0 saturated carbocycles. The number of benzene rings is 2. The molecule has 0 aliphatic carbocycles. The Hall–Kier alpha value is -2.12. The second-order valence-corrected chi connectivity index (χ2v) is 11.3. The number of amides is 1. The number of halogens is 1. The van der Waals surface area contributed by atoms with Crippen LogP contribution in [0.15, 0.2) is 54.1 Å². The zero-order valence-electron chi connectivity index (χ0n) is 24.5. The van der Waals surface area contributed by atoms with Gasteiger partial charge in [-0.3, -0.25) is 4.79 Å². The Morgan fingerprint density at radius 2 is 1.52 bits per heavy atom. The smallest absolute Gasteiger partial charge is 0.228 e. The zero-order chi connectivity index (χ0) is 27.5. The minimum absolute atomic E-state index is 0. The molecule has 1 amide bonds. The van der Waals surface area contributed by atoms with Gasteiger partial charge in [-0.1, -0.05) is 108 Å². The molecule has 0 fully saturated rings. The van der Waals surface area contributed by atoms with Crippen molar-refractivity contribution < 1.29 is 14.3 Å². The lowest BCUT2D eigenvalue weighted by Crippen LogP contribution is -2.19. The number of carbonyl (C=O) groups is 1. The quantitative estimate of drug-likeness (QED) is 0.147. The van der Waals surface area contributed by atoms with Crippen molar-refractivity contribution in [2.45, 2.75) is 96.9 Å². The molecule has 0 spiro atoms. The van der Waals surface area contributed by atoms with Gasteiger partial charge in [0.15, 0.2) is 11.5 Å². The highest BCUT2D eigenvalue weighted by atomic mass is 79.9. The Morgan fingerprint density at radius 1 is 0.875 bits per heavy atom. The van der Waals surface area contributed by atoms with E-state index in [-0.39, 0.29) is 29.3 Å². The Balaban J connectivity index is 0.00000560. The highest BCUT2D eigenvalue weighted by Crippen LogP contribution is 2.32. The maximum atomic E-state index is 13.1. The molecule has 0 saturated heterocycles. The van der Waals surface area contributed by atoms with E-state index in [0.717, 1.165) is 35.7 Å². The van der Waals surface area contributed by atoms with E-state index in [0.29, 0.717) is 18.1 Å². The van der Waals surface area contributed by atoms with Crippen LogP contribution < -0.4 is 14.8 Å². The van der Waals surface area contributed by atoms with Gasteiger partial charge in [0.05, 0.1) is 26.0 Å². The Kier molecular flexibility index (Phi) is 17.6. The second kappa shape index (κ2) is 20.7. The number of methoxy groups -OCH3 is 1. The molecule has 0 bridgehead atoms. The van der Waals surface area contributed by atoms with Crippen LogP contribution in [-0.4, -0.2) is 30.4 Å². The lowest BCUT2D eigenvalue weighted by molar-refractivity contribution is -0.115. The third-order valence-corrected chi connectivity index (χ3v) is 7.94. The van der Waals surface area contributed by atoms with E-state index >= 15 is 0 Å². The van der Waals surface area contributed by atoms with Crippen molar-refractivity contribution >= 4 is 40.3 Å². The van der Waals surface area contributed by atoms with E-state index in [1.807, 2.05) is 36.4 Å². The molecule has 5 nitrogen and oxygen atoms in total. The van der Waals surface area contributed by atoms with E-state index in [1.165, 1.54) is 70.6 Å². The number of hydrogen-bond acceptors (Lipinski definition) is 5. The fourth-order valence-electron chi connectivity index (χ4n) is 4.92. The van der Waals surface area contributed by atoms with E-state index in [2.05, 4.69) is 34.8 Å². The number of anilines is 1. The van der Waals surface area contributed by atoms with Crippen LogP contribution in [0.1, 0.15) is 95.1 Å². The third-order valence-electron chi connectivity index (χ3n) is 7.15. The zero-order valence-corrected chi connectivity index (χ0v) is 27.0. The normalized spacial score (nSPS) is 12.3. The molecule has 7 heteroatoms. The van der Waals surface area contributed by atoms with E-state index in [9.17, 15) is 4.79 Å². The van der Waals surface area contributed by atoms with Crippen LogP contribution in [-0.2, 0) is 17.8 Å². The van der Waals surface area contributed by atoms with Crippen LogP contribution >= 0.6 is 28.7 Å². The predicted molar refractivity (Wildman–Crippen MR) is 176 cm³/mol. The number of ether oxygens (including phenoxy) is 2. The SMILES string of the molecule is Br.CCCCCCCCCCCCCCOc1c(CC(=O)Nc2ccccc2CN2C=CSC2)cccc1OC. The molecule has 222 valence electrons. The number of nitrogens with zero attached hydrogens (tertiary/aromatic N) is 1. The van der Waals surface area contributed by atoms with Gasteiger partial charge in [-0.15, -0.1) is 28.7 Å². The summed E-state index contributed by atoms with van der Waals surface area (Å²) >= 11 is 1.78.